The van der Waals surface area contributed by atoms with E-state index in [1.165, 1.54) is 37.8 Å². The molecule has 0 radical (unpaired) electrons. The smallest absolute Gasteiger partial charge is 0.255 e. The lowest BCUT2D eigenvalue weighted by Crippen LogP contribution is -2.48. The number of rotatable bonds is 4. The highest BCUT2D eigenvalue weighted by atomic mass is 16.2. The van der Waals surface area contributed by atoms with Crippen molar-refractivity contribution < 1.29 is 4.79 Å². The summed E-state index contributed by atoms with van der Waals surface area (Å²) in [4.78, 5) is 22.5. The number of aromatic nitrogens is 3. The Balaban J connectivity index is 1.23. The van der Waals surface area contributed by atoms with E-state index in [4.69, 9.17) is 4.98 Å². The first-order valence-corrected chi connectivity index (χ1v) is 11.7. The predicted molar refractivity (Wildman–Crippen MR) is 122 cm³/mol. The lowest BCUT2D eigenvalue weighted by molar-refractivity contribution is 0.0626. The maximum atomic E-state index is 13.3. The van der Waals surface area contributed by atoms with E-state index in [0.717, 1.165) is 55.3 Å². The third-order valence-corrected chi connectivity index (χ3v) is 7.11. The molecule has 31 heavy (non-hydrogen) atoms. The number of carbonyl (C=O) groups is 1. The number of carbonyl (C=O) groups excluding carboxylic acids is 1. The second kappa shape index (κ2) is 8.50. The van der Waals surface area contributed by atoms with Gasteiger partial charge in [0.25, 0.3) is 5.91 Å². The van der Waals surface area contributed by atoms with Gasteiger partial charge in [-0.15, -0.1) is 0 Å². The van der Waals surface area contributed by atoms with Crippen LogP contribution >= 0.6 is 0 Å². The molecule has 3 aromatic rings. The summed E-state index contributed by atoms with van der Waals surface area (Å²) in [5, 5.41) is 0. The maximum absolute atomic E-state index is 13.3. The average Bonchev–Trinajstić information content (AvgIpc) is 3.33. The molecule has 4 heterocycles. The van der Waals surface area contributed by atoms with Crippen LogP contribution in [0.1, 0.15) is 65.6 Å². The molecule has 0 bridgehead atoms. The summed E-state index contributed by atoms with van der Waals surface area (Å²) >= 11 is 0. The van der Waals surface area contributed by atoms with Crippen LogP contribution in [0.25, 0.3) is 5.65 Å². The van der Waals surface area contributed by atoms with Gasteiger partial charge in [0.15, 0.2) is 0 Å². The molecule has 3 aromatic heterocycles. The quantitative estimate of drug-likeness (QED) is 0.636. The molecule has 0 spiro atoms. The van der Waals surface area contributed by atoms with Crippen LogP contribution in [0.3, 0.4) is 0 Å². The van der Waals surface area contributed by atoms with Crippen LogP contribution in [-0.4, -0.2) is 55.8 Å². The minimum absolute atomic E-state index is 0.197. The fraction of sp³-hybridized carbons (Fsp3) is 0.520. The maximum Gasteiger partial charge on any atom is 0.255 e. The Bertz CT molecular complexity index is 1030. The first-order chi connectivity index (χ1) is 15.1. The number of fused-ring (bicyclic) bond motifs is 1. The molecule has 164 valence electrons. The Hall–Kier alpha value is -2.60. The van der Waals surface area contributed by atoms with Crippen LogP contribution < -0.4 is 0 Å². The second-order valence-electron chi connectivity index (χ2n) is 9.21. The molecule has 1 aliphatic heterocycles. The first kappa shape index (κ1) is 20.3. The van der Waals surface area contributed by atoms with Gasteiger partial charge < -0.3 is 13.9 Å². The third-order valence-electron chi connectivity index (χ3n) is 7.11. The Morgan fingerprint density at radius 2 is 1.84 bits per heavy atom. The summed E-state index contributed by atoms with van der Waals surface area (Å²) in [6.45, 7) is 8.46. The number of aryl methyl sites for hydroxylation is 1. The first-order valence-electron chi connectivity index (χ1n) is 11.7. The molecule has 0 unspecified atom stereocenters. The zero-order chi connectivity index (χ0) is 21.4. The van der Waals surface area contributed by atoms with Crippen molar-refractivity contribution in [1.29, 1.82) is 0 Å². The van der Waals surface area contributed by atoms with Crippen molar-refractivity contribution >= 4 is 11.6 Å². The molecule has 1 amide bonds. The minimum atomic E-state index is 0.197. The number of hydrogen-bond donors (Lipinski definition) is 0. The largest absolute Gasteiger partial charge is 0.345 e. The van der Waals surface area contributed by atoms with E-state index in [2.05, 4.69) is 40.0 Å². The normalized spacial score (nSPS) is 18.7. The van der Waals surface area contributed by atoms with Crippen LogP contribution in [-0.2, 0) is 6.54 Å². The molecule has 0 atom stereocenters. The summed E-state index contributed by atoms with van der Waals surface area (Å²) in [5.41, 5.74) is 5.36. The highest BCUT2D eigenvalue weighted by Gasteiger charge is 2.27. The van der Waals surface area contributed by atoms with Crippen LogP contribution in [0.4, 0.5) is 0 Å². The lowest BCUT2D eigenvalue weighted by atomic mass is 9.95. The SMILES string of the molecule is Cc1cc(C(=O)N2CCN(Cc3cn4ccccc4n3)CC2)c(C)n1C1CCCCC1. The molecule has 0 N–H and O–H groups in total. The predicted octanol–water partition coefficient (Wildman–Crippen LogP) is 4.22. The summed E-state index contributed by atoms with van der Waals surface area (Å²) in [6, 6.07) is 8.76. The van der Waals surface area contributed by atoms with Crippen molar-refractivity contribution in [2.24, 2.45) is 0 Å². The van der Waals surface area contributed by atoms with Crippen molar-refractivity contribution in [3.8, 4) is 0 Å². The Kier molecular flexibility index (Phi) is 5.57. The molecule has 2 aliphatic rings. The summed E-state index contributed by atoms with van der Waals surface area (Å²) in [6.07, 6.45) is 10.6. The van der Waals surface area contributed by atoms with Gasteiger partial charge in [-0.05, 0) is 44.9 Å². The third kappa shape index (κ3) is 4.01. The summed E-state index contributed by atoms with van der Waals surface area (Å²) in [7, 11) is 0. The van der Waals surface area contributed by atoms with Gasteiger partial charge in [0.1, 0.15) is 5.65 Å². The van der Waals surface area contributed by atoms with Gasteiger partial charge in [0.05, 0.1) is 11.3 Å². The van der Waals surface area contributed by atoms with E-state index in [9.17, 15) is 4.79 Å². The highest BCUT2D eigenvalue weighted by molar-refractivity contribution is 5.95. The van der Waals surface area contributed by atoms with Gasteiger partial charge in [-0.3, -0.25) is 9.69 Å². The van der Waals surface area contributed by atoms with E-state index in [0.29, 0.717) is 6.04 Å². The topological polar surface area (TPSA) is 45.8 Å². The monoisotopic (exact) mass is 419 g/mol. The Morgan fingerprint density at radius 1 is 1.06 bits per heavy atom. The van der Waals surface area contributed by atoms with E-state index >= 15 is 0 Å². The summed E-state index contributed by atoms with van der Waals surface area (Å²) < 4.78 is 4.50. The molecule has 6 nitrogen and oxygen atoms in total. The van der Waals surface area contributed by atoms with Gasteiger partial charge in [0, 0.05) is 62.5 Å². The molecule has 1 saturated heterocycles. The van der Waals surface area contributed by atoms with Crippen molar-refractivity contribution in [3.05, 3.63) is 59.3 Å². The molecule has 1 aliphatic carbocycles. The van der Waals surface area contributed by atoms with Crippen LogP contribution in [0.2, 0.25) is 0 Å². The van der Waals surface area contributed by atoms with Crippen molar-refractivity contribution in [2.45, 2.75) is 58.5 Å². The zero-order valence-corrected chi connectivity index (χ0v) is 18.8. The zero-order valence-electron chi connectivity index (χ0n) is 18.8. The van der Waals surface area contributed by atoms with Gasteiger partial charge in [0.2, 0.25) is 0 Å². The van der Waals surface area contributed by atoms with Crippen LogP contribution in [0, 0.1) is 13.8 Å². The van der Waals surface area contributed by atoms with E-state index in [1.54, 1.807) is 0 Å². The average molecular weight is 420 g/mol. The van der Waals surface area contributed by atoms with Crippen LogP contribution in [0.15, 0.2) is 36.7 Å². The van der Waals surface area contributed by atoms with Crippen molar-refractivity contribution in [1.82, 2.24) is 23.8 Å². The Labute approximate surface area is 184 Å². The fourth-order valence-electron chi connectivity index (χ4n) is 5.47. The number of amides is 1. The highest BCUT2D eigenvalue weighted by Crippen LogP contribution is 2.32. The standard InChI is InChI=1S/C25H33N5O/c1-19-16-23(20(2)30(19)22-8-4-3-5-9-22)25(31)28-14-12-27(13-15-28)17-21-18-29-11-7-6-10-24(29)26-21/h6-7,10-11,16,18,22H,3-5,8-9,12-15,17H2,1-2H3. The van der Waals surface area contributed by atoms with Gasteiger partial charge in [-0.2, -0.15) is 0 Å². The van der Waals surface area contributed by atoms with Crippen LogP contribution in [0.5, 0.6) is 0 Å². The Morgan fingerprint density at radius 3 is 2.58 bits per heavy atom. The van der Waals surface area contributed by atoms with Gasteiger partial charge >= 0.3 is 0 Å². The van der Waals surface area contributed by atoms with Crippen molar-refractivity contribution in [2.75, 3.05) is 26.2 Å². The molecular weight excluding hydrogens is 386 g/mol. The number of hydrogen-bond acceptors (Lipinski definition) is 3. The molecular formula is C25H33N5O. The number of nitrogens with zero attached hydrogens (tertiary/aromatic N) is 5. The molecule has 0 aromatic carbocycles. The number of pyridine rings is 1. The molecule has 5 rings (SSSR count). The molecule has 1 saturated carbocycles. The minimum Gasteiger partial charge on any atom is -0.345 e. The van der Waals surface area contributed by atoms with E-state index in [1.807, 2.05) is 29.3 Å². The summed E-state index contributed by atoms with van der Waals surface area (Å²) in [5.74, 6) is 0.197. The molecule has 2 fully saturated rings. The number of piperazine rings is 1. The van der Waals surface area contributed by atoms with E-state index < -0.39 is 0 Å². The fourth-order valence-corrected chi connectivity index (χ4v) is 5.47. The van der Waals surface area contributed by atoms with E-state index in [-0.39, 0.29) is 5.91 Å². The number of imidazole rings is 1. The molecule has 6 heteroatoms. The van der Waals surface area contributed by atoms with Gasteiger partial charge in [-0.25, -0.2) is 4.98 Å². The van der Waals surface area contributed by atoms with Gasteiger partial charge in [-0.1, -0.05) is 25.3 Å². The second-order valence-corrected chi connectivity index (χ2v) is 9.21. The lowest BCUT2D eigenvalue weighted by Gasteiger charge is -2.34. The van der Waals surface area contributed by atoms with Crippen molar-refractivity contribution in [3.63, 3.8) is 0 Å².